The number of nitrogens with zero attached hydrogens (tertiary/aromatic N) is 1. The van der Waals surface area contributed by atoms with E-state index in [2.05, 4.69) is 53.0 Å². The van der Waals surface area contributed by atoms with Crippen molar-refractivity contribution in [1.82, 2.24) is 0 Å². The van der Waals surface area contributed by atoms with Gasteiger partial charge in [-0.15, -0.1) is 0 Å². The van der Waals surface area contributed by atoms with Crippen molar-refractivity contribution in [1.29, 1.82) is 0 Å². The highest BCUT2D eigenvalue weighted by Crippen LogP contribution is 2.29. The predicted molar refractivity (Wildman–Crippen MR) is 77.8 cm³/mol. The summed E-state index contributed by atoms with van der Waals surface area (Å²) in [5, 5.41) is 0. The number of nitrogen functional groups attached to an aromatic ring is 1. The summed E-state index contributed by atoms with van der Waals surface area (Å²) >= 11 is 3.48. The molecule has 0 aliphatic carbocycles. The van der Waals surface area contributed by atoms with Crippen molar-refractivity contribution in [3.8, 4) is 0 Å². The number of benzene rings is 2. The molecule has 2 aromatic rings. The minimum absolute atomic E-state index is 0.787. The zero-order chi connectivity index (χ0) is 12.4. The van der Waals surface area contributed by atoms with Crippen LogP contribution in [0.25, 0.3) is 0 Å². The monoisotopic (exact) mass is 290 g/mol. The van der Waals surface area contributed by atoms with Gasteiger partial charge in [-0.1, -0.05) is 15.9 Å². The summed E-state index contributed by atoms with van der Waals surface area (Å²) in [5.74, 6) is 0. The van der Waals surface area contributed by atoms with Gasteiger partial charge in [0, 0.05) is 28.6 Å². The molecule has 17 heavy (non-hydrogen) atoms. The summed E-state index contributed by atoms with van der Waals surface area (Å²) < 4.78 is 1.10. The van der Waals surface area contributed by atoms with Crippen molar-refractivity contribution in [2.45, 2.75) is 6.92 Å². The SMILES string of the molecule is Cc1cc(Br)ccc1N(C)c1ccc(N)cc1. The first-order valence-electron chi connectivity index (χ1n) is 5.43. The van der Waals surface area contributed by atoms with Gasteiger partial charge >= 0.3 is 0 Å². The lowest BCUT2D eigenvalue weighted by Gasteiger charge is -2.21. The molecule has 3 heteroatoms. The maximum Gasteiger partial charge on any atom is 0.0438 e. The summed E-state index contributed by atoms with van der Waals surface area (Å²) in [5.41, 5.74) is 10.0. The van der Waals surface area contributed by atoms with Crippen molar-refractivity contribution < 1.29 is 0 Å². The molecule has 0 atom stereocenters. The molecule has 0 saturated heterocycles. The maximum atomic E-state index is 5.69. The van der Waals surface area contributed by atoms with Gasteiger partial charge in [0.2, 0.25) is 0 Å². The van der Waals surface area contributed by atoms with Crippen LogP contribution >= 0.6 is 15.9 Å². The molecule has 0 spiro atoms. The highest BCUT2D eigenvalue weighted by Gasteiger charge is 2.06. The van der Waals surface area contributed by atoms with Crippen LogP contribution < -0.4 is 10.6 Å². The van der Waals surface area contributed by atoms with Crippen molar-refractivity contribution in [2.75, 3.05) is 17.7 Å². The van der Waals surface area contributed by atoms with Crippen LogP contribution in [0.2, 0.25) is 0 Å². The topological polar surface area (TPSA) is 29.3 Å². The minimum Gasteiger partial charge on any atom is -0.399 e. The molecule has 2 aromatic carbocycles. The van der Waals surface area contributed by atoms with E-state index in [1.165, 1.54) is 11.3 Å². The van der Waals surface area contributed by atoms with E-state index >= 15 is 0 Å². The van der Waals surface area contributed by atoms with Crippen LogP contribution in [0.4, 0.5) is 17.1 Å². The lowest BCUT2D eigenvalue weighted by molar-refractivity contribution is 1.18. The summed E-state index contributed by atoms with van der Waals surface area (Å²) in [6.45, 7) is 2.11. The number of rotatable bonds is 2. The van der Waals surface area contributed by atoms with Crippen molar-refractivity contribution in [3.05, 3.63) is 52.5 Å². The van der Waals surface area contributed by atoms with Crippen LogP contribution in [-0.2, 0) is 0 Å². The Kier molecular flexibility index (Phi) is 3.38. The van der Waals surface area contributed by atoms with Crippen LogP contribution in [0.15, 0.2) is 46.9 Å². The lowest BCUT2D eigenvalue weighted by Crippen LogP contribution is -2.10. The summed E-state index contributed by atoms with van der Waals surface area (Å²) in [6.07, 6.45) is 0. The van der Waals surface area contributed by atoms with Crippen molar-refractivity contribution in [3.63, 3.8) is 0 Å². The molecule has 0 saturated carbocycles. The van der Waals surface area contributed by atoms with E-state index < -0.39 is 0 Å². The Balaban J connectivity index is 2.36. The van der Waals surface area contributed by atoms with E-state index in [9.17, 15) is 0 Å². The smallest absolute Gasteiger partial charge is 0.0438 e. The molecule has 0 bridgehead atoms. The van der Waals surface area contributed by atoms with Gasteiger partial charge in [-0.25, -0.2) is 0 Å². The Morgan fingerprint density at radius 2 is 1.71 bits per heavy atom. The molecule has 0 unspecified atom stereocenters. The number of hydrogen-bond acceptors (Lipinski definition) is 2. The summed E-state index contributed by atoms with van der Waals surface area (Å²) in [6, 6.07) is 14.2. The molecule has 0 amide bonds. The molecule has 0 fully saturated rings. The van der Waals surface area contributed by atoms with Crippen LogP contribution in [0, 0.1) is 6.92 Å². The van der Waals surface area contributed by atoms with Crippen molar-refractivity contribution >= 4 is 33.0 Å². The second-order valence-corrected chi connectivity index (χ2v) is 5.00. The first-order valence-corrected chi connectivity index (χ1v) is 6.22. The second-order valence-electron chi connectivity index (χ2n) is 4.08. The number of aryl methyl sites for hydroxylation is 1. The quantitative estimate of drug-likeness (QED) is 0.844. The van der Waals surface area contributed by atoms with Crippen molar-refractivity contribution in [2.24, 2.45) is 0 Å². The first-order chi connectivity index (χ1) is 8.08. The normalized spacial score (nSPS) is 10.3. The predicted octanol–water partition coefficient (Wildman–Crippen LogP) is 4.11. The molecule has 0 aliphatic rings. The molecule has 0 aromatic heterocycles. The van der Waals surface area contributed by atoms with Gasteiger partial charge in [0.05, 0.1) is 0 Å². The molecular formula is C14H15BrN2. The molecular weight excluding hydrogens is 276 g/mol. The zero-order valence-corrected chi connectivity index (χ0v) is 11.5. The third-order valence-electron chi connectivity index (χ3n) is 2.80. The molecule has 0 radical (unpaired) electrons. The van der Waals surface area contributed by atoms with E-state index in [0.717, 1.165) is 15.8 Å². The Morgan fingerprint density at radius 3 is 2.29 bits per heavy atom. The number of hydrogen-bond donors (Lipinski definition) is 1. The molecule has 88 valence electrons. The van der Waals surface area contributed by atoms with Crippen LogP contribution in [-0.4, -0.2) is 7.05 Å². The standard InChI is InChI=1S/C14H15BrN2/c1-10-9-11(15)3-8-14(10)17(2)13-6-4-12(16)5-7-13/h3-9H,16H2,1-2H3. The van der Waals surface area contributed by atoms with Crippen LogP contribution in [0.5, 0.6) is 0 Å². The fourth-order valence-electron chi connectivity index (χ4n) is 1.83. The first kappa shape index (κ1) is 12.0. The minimum atomic E-state index is 0.787. The van der Waals surface area contributed by atoms with E-state index in [-0.39, 0.29) is 0 Å². The second kappa shape index (κ2) is 4.80. The maximum absolute atomic E-state index is 5.69. The number of nitrogens with two attached hydrogens (primary N) is 1. The van der Waals surface area contributed by atoms with E-state index in [4.69, 9.17) is 5.73 Å². The van der Waals surface area contributed by atoms with E-state index in [1.807, 2.05) is 24.3 Å². The average molecular weight is 291 g/mol. The molecule has 0 aliphatic heterocycles. The van der Waals surface area contributed by atoms with Gasteiger partial charge in [0.15, 0.2) is 0 Å². The highest BCUT2D eigenvalue weighted by atomic mass is 79.9. The van der Waals surface area contributed by atoms with Gasteiger partial charge in [0.25, 0.3) is 0 Å². The van der Waals surface area contributed by atoms with Gasteiger partial charge in [-0.3, -0.25) is 0 Å². The third-order valence-corrected chi connectivity index (χ3v) is 3.29. The lowest BCUT2D eigenvalue weighted by atomic mass is 10.1. The van der Waals surface area contributed by atoms with Gasteiger partial charge in [0.1, 0.15) is 0 Å². The molecule has 0 heterocycles. The van der Waals surface area contributed by atoms with Gasteiger partial charge < -0.3 is 10.6 Å². The average Bonchev–Trinajstić information content (AvgIpc) is 2.29. The summed E-state index contributed by atoms with van der Waals surface area (Å²) in [7, 11) is 2.06. The highest BCUT2D eigenvalue weighted by molar-refractivity contribution is 9.10. The number of anilines is 3. The van der Waals surface area contributed by atoms with Gasteiger partial charge in [-0.05, 0) is 55.0 Å². The third kappa shape index (κ3) is 2.61. The number of halogens is 1. The largest absolute Gasteiger partial charge is 0.399 e. The zero-order valence-electron chi connectivity index (χ0n) is 9.94. The Bertz CT molecular complexity index is 520. The molecule has 2 N–H and O–H groups in total. The van der Waals surface area contributed by atoms with Gasteiger partial charge in [-0.2, -0.15) is 0 Å². The van der Waals surface area contributed by atoms with Crippen LogP contribution in [0.3, 0.4) is 0 Å². The fourth-order valence-corrected chi connectivity index (χ4v) is 2.31. The van der Waals surface area contributed by atoms with E-state index in [0.29, 0.717) is 0 Å². The fraction of sp³-hybridized carbons (Fsp3) is 0.143. The van der Waals surface area contributed by atoms with Crippen LogP contribution in [0.1, 0.15) is 5.56 Å². The molecule has 2 rings (SSSR count). The molecule has 2 nitrogen and oxygen atoms in total. The Hall–Kier alpha value is -1.48. The van der Waals surface area contributed by atoms with E-state index in [1.54, 1.807) is 0 Å². The Morgan fingerprint density at radius 1 is 1.06 bits per heavy atom. The summed E-state index contributed by atoms with van der Waals surface area (Å²) in [4.78, 5) is 2.15. The Labute approximate surface area is 110 Å².